The molecule has 0 spiro atoms. The molecule has 10 heteroatoms. The van der Waals surface area contributed by atoms with Crippen molar-refractivity contribution >= 4 is 36.3 Å². The van der Waals surface area contributed by atoms with E-state index in [0.29, 0.717) is 6.42 Å². The Bertz CT molecular complexity index is 761. The third-order valence-electron chi connectivity index (χ3n) is 5.02. The number of benzene rings is 1. The summed E-state index contributed by atoms with van der Waals surface area (Å²) in [4.78, 5) is 48.7. The Hall–Kier alpha value is -2.59. The Morgan fingerprint density at radius 1 is 0.968 bits per heavy atom. The average Bonchev–Trinajstić information content (AvgIpc) is 2.75. The highest BCUT2D eigenvalue weighted by molar-refractivity contribution is 7.80. The minimum atomic E-state index is -1.18. The highest BCUT2D eigenvalue weighted by atomic mass is 32.1. The third kappa shape index (κ3) is 8.58. The molecular formula is C21H32N4O5S. The Kier molecular flexibility index (Phi) is 11.1. The maximum atomic E-state index is 12.5. The molecule has 1 aromatic rings. The van der Waals surface area contributed by atoms with Gasteiger partial charge in [-0.15, -0.1) is 0 Å². The van der Waals surface area contributed by atoms with Crippen LogP contribution in [0.25, 0.3) is 0 Å². The van der Waals surface area contributed by atoms with Crippen LogP contribution < -0.4 is 21.7 Å². The van der Waals surface area contributed by atoms with Gasteiger partial charge < -0.3 is 26.8 Å². The van der Waals surface area contributed by atoms with Gasteiger partial charge in [0.05, 0.1) is 6.04 Å². The van der Waals surface area contributed by atoms with Crippen LogP contribution in [-0.2, 0) is 25.6 Å². The minimum Gasteiger partial charge on any atom is -0.480 e. The summed E-state index contributed by atoms with van der Waals surface area (Å²) in [5.41, 5.74) is 6.63. The monoisotopic (exact) mass is 452 g/mol. The first-order valence-corrected chi connectivity index (χ1v) is 10.8. The van der Waals surface area contributed by atoms with Crippen molar-refractivity contribution in [1.29, 1.82) is 0 Å². The highest BCUT2D eigenvalue weighted by Gasteiger charge is 2.28. The average molecular weight is 453 g/mol. The number of amides is 3. The molecule has 0 aromatic heterocycles. The third-order valence-corrected chi connectivity index (χ3v) is 5.39. The van der Waals surface area contributed by atoms with E-state index in [1.54, 1.807) is 24.3 Å². The molecule has 0 saturated heterocycles. The number of carbonyl (C=O) groups excluding carboxylic acids is 3. The summed E-state index contributed by atoms with van der Waals surface area (Å²) >= 11 is 4.09. The Morgan fingerprint density at radius 3 is 2.06 bits per heavy atom. The molecule has 0 saturated carbocycles. The van der Waals surface area contributed by atoms with E-state index in [4.69, 9.17) is 5.73 Å². The second-order valence-corrected chi connectivity index (χ2v) is 7.84. The smallest absolute Gasteiger partial charge is 0.326 e. The van der Waals surface area contributed by atoms with Gasteiger partial charge in [-0.05, 0) is 18.4 Å². The lowest BCUT2D eigenvalue weighted by atomic mass is 9.99. The summed E-state index contributed by atoms with van der Waals surface area (Å²) in [6.07, 6.45) is 0.808. The molecule has 0 fully saturated rings. The van der Waals surface area contributed by atoms with Gasteiger partial charge in [-0.25, -0.2) is 4.79 Å². The van der Waals surface area contributed by atoms with Gasteiger partial charge in [0.1, 0.15) is 18.1 Å². The van der Waals surface area contributed by atoms with Crippen LogP contribution in [0.3, 0.4) is 0 Å². The van der Waals surface area contributed by atoms with Crippen molar-refractivity contribution in [2.45, 2.75) is 57.8 Å². The van der Waals surface area contributed by atoms with Gasteiger partial charge in [0, 0.05) is 12.2 Å². The van der Waals surface area contributed by atoms with Crippen molar-refractivity contribution in [3.63, 3.8) is 0 Å². The van der Waals surface area contributed by atoms with Crippen molar-refractivity contribution in [2.24, 2.45) is 11.7 Å². The fraction of sp³-hybridized carbons (Fsp3) is 0.524. The van der Waals surface area contributed by atoms with Gasteiger partial charge in [-0.3, -0.25) is 14.4 Å². The van der Waals surface area contributed by atoms with Gasteiger partial charge in [0.15, 0.2) is 0 Å². The van der Waals surface area contributed by atoms with Crippen molar-refractivity contribution in [3.05, 3.63) is 35.9 Å². The number of rotatable bonds is 12. The molecule has 1 rings (SSSR count). The molecule has 3 amide bonds. The van der Waals surface area contributed by atoms with Crippen molar-refractivity contribution in [3.8, 4) is 0 Å². The molecule has 9 nitrogen and oxygen atoms in total. The first-order chi connectivity index (χ1) is 14.6. The summed E-state index contributed by atoms with van der Waals surface area (Å²) in [7, 11) is 0. The second-order valence-electron chi connectivity index (χ2n) is 7.47. The number of hydrogen-bond acceptors (Lipinski definition) is 6. The number of hydrogen-bond donors (Lipinski definition) is 6. The topological polar surface area (TPSA) is 151 Å². The molecule has 1 aromatic carbocycles. The predicted molar refractivity (Wildman–Crippen MR) is 121 cm³/mol. The molecule has 0 bridgehead atoms. The lowest BCUT2D eigenvalue weighted by molar-refractivity contribution is -0.142. The Morgan fingerprint density at radius 2 is 1.55 bits per heavy atom. The van der Waals surface area contributed by atoms with Crippen LogP contribution in [0.5, 0.6) is 0 Å². The number of thiol groups is 1. The van der Waals surface area contributed by atoms with E-state index in [1.165, 1.54) is 6.92 Å². The molecular weight excluding hydrogens is 420 g/mol. The van der Waals surface area contributed by atoms with Gasteiger partial charge >= 0.3 is 5.97 Å². The molecule has 0 aliphatic heterocycles. The van der Waals surface area contributed by atoms with Crippen LogP contribution in [0.2, 0.25) is 0 Å². The number of carbonyl (C=O) groups is 4. The molecule has 0 radical (unpaired) electrons. The van der Waals surface area contributed by atoms with Gasteiger partial charge in [0.2, 0.25) is 17.7 Å². The number of nitrogens with two attached hydrogens (primary N) is 1. The molecule has 5 atom stereocenters. The standard InChI is InChI=1S/C21H32N4O5S/c1-4-12(2)17(22)20(28)25-16(11-31)19(27)23-13(3)18(26)24-15(21(29)30)10-14-8-6-5-7-9-14/h5-9,12-13,15-17,31H,4,10-11,22H2,1-3H3,(H,23,27)(H,24,26)(H,25,28)(H,29,30). The molecule has 0 heterocycles. The fourth-order valence-electron chi connectivity index (χ4n) is 2.70. The number of carboxylic acid groups (broad SMARTS) is 1. The van der Waals surface area contributed by atoms with Crippen LogP contribution in [0, 0.1) is 5.92 Å². The molecule has 5 unspecified atom stereocenters. The van der Waals surface area contributed by atoms with E-state index in [0.717, 1.165) is 5.56 Å². The van der Waals surface area contributed by atoms with E-state index in [1.807, 2.05) is 19.9 Å². The largest absolute Gasteiger partial charge is 0.480 e. The van der Waals surface area contributed by atoms with Crippen LogP contribution >= 0.6 is 12.6 Å². The van der Waals surface area contributed by atoms with Crippen molar-refractivity contribution < 1.29 is 24.3 Å². The quantitative estimate of drug-likeness (QED) is 0.247. The van der Waals surface area contributed by atoms with E-state index in [-0.39, 0.29) is 18.1 Å². The van der Waals surface area contributed by atoms with Crippen molar-refractivity contribution in [1.82, 2.24) is 16.0 Å². The van der Waals surface area contributed by atoms with Gasteiger partial charge in [-0.1, -0.05) is 50.6 Å². The summed E-state index contributed by atoms with van der Waals surface area (Å²) in [6, 6.07) is 4.96. The van der Waals surface area contributed by atoms with Gasteiger partial charge in [0.25, 0.3) is 0 Å². The molecule has 0 aliphatic carbocycles. The number of aliphatic carboxylic acids is 1. The van der Waals surface area contributed by atoms with E-state index in [2.05, 4.69) is 28.6 Å². The molecule has 31 heavy (non-hydrogen) atoms. The zero-order chi connectivity index (χ0) is 23.6. The Labute approximate surface area is 187 Å². The highest BCUT2D eigenvalue weighted by Crippen LogP contribution is 2.06. The first kappa shape index (κ1) is 26.4. The zero-order valence-corrected chi connectivity index (χ0v) is 18.9. The molecule has 6 N–H and O–H groups in total. The van der Waals surface area contributed by atoms with Crippen LogP contribution in [0.4, 0.5) is 0 Å². The number of nitrogens with one attached hydrogen (secondary N) is 3. The fourth-order valence-corrected chi connectivity index (χ4v) is 2.96. The second kappa shape index (κ2) is 13.0. The lowest BCUT2D eigenvalue weighted by Crippen LogP contribution is -2.57. The van der Waals surface area contributed by atoms with Crippen molar-refractivity contribution in [2.75, 3.05) is 5.75 Å². The zero-order valence-electron chi connectivity index (χ0n) is 18.0. The first-order valence-electron chi connectivity index (χ1n) is 10.1. The number of carboxylic acids is 1. The molecule has 0 aliphatic rings. The van der Waals surface area contributed by atoms with Gasteiger partial charge in [-0.2, -0.15) is 12.6 Å². The van der Waals surface area contributed by atoms with E-state index < -0.39 is 47.9 Å². The maximum Gasteiger partial charge on any atom is 0.326 e. The SMILES string of the molecule is CCC(C)C(N)C(=O)NC(CS)C(=O)NC(C)C(=O)NC(Cc1ccccc1)C(=O)O. The predicted octanol–water partition coefficient (Wildman–Crippen LogP) is 0.0912. The minimum absolute atomic E-state index is 0.00486. The van der Waals surface area contributed by atoms with E-state index >= 15 is 0 Å². The summed E-state index contributed by atoms with van der Waals surface area (Å²) < 4.78 is 0. The summed E-state index contributed by atoms with van der Waals surface area (Å²) in [6.45, 7) is 5.17. The maximum absolute atomic E-state index is 12.5. The summed E-state index contributed by atoms with van der Waals surface area (Å²) in [5.74, 6) is -2.99. The van der Waals surface area contributed by atoms with Crippen LogP contribution in [0.1, 0.15) is 32.8 Å². The lowest BCUT2D eigenvalue weighted by Gasteiger charge is -2.24. The van der Waals surface area contributed by atoms with E-state index in [9.17, 15) is 24.3 Å². The summed E-state index contributed by atoms with van der Waals surface area (Å²) in [5, 5.41) is 16.9. The van der Waals surface area contributed by atoms with Crippen LogP contribution in [0.15, 0.2) is 30.3 Å². The van der Waals surface area contributed by atoms with Crippen LogP contribution in [-0.4, -0.2) is 58.7 Å². The molecule has 172 valence electrons. The Balaban J connectivity index is 2.68. The normalized spacial score (nSPS) is 15.6.